The molecule has 2 N–H and O–H groups in total. The van der Waals surface area contributed by atoms with Crippen LogP contribution in [0.4, 0.5) is 0 Å². The van der Waals surface area contributed by atoms with Gasteiger partial charge in [-0.05, 0) is 23.6 Å². The summed E-state index contributed by atoms with van der Waals surface area (Å²) in [5, 5.41) is 20.2. The minimum atomic E-state index is -0.852. The highest BCUT2D eigenvalue weighted by Gasteiger charge is 2.25. The van der Waals surface area contributed by atoms with Gasteiger partial charge in [0.15, 0.2) is 0 Å². The van der Waals surface area contributed by atoms with Crippen molar-refractivity contribution in [2.45, 2.75) is 38.9 Å². The van der Waals surface area contributed by atoms with Gasteiger partial charge in [-0.1, -0.05) is 38.8 Å². The zero-order valence-electron chi connectivity index (χ0n) is 10.8. The van der Waals surface area contributed by atoms with E-state index in [0.717, 1.165) is 12.8 Å². The molecule has 0 bridgehead atoms. The molecule has 3 heteroatoms. The highest BCUT2D eigenvalue weighted by atomic mass is 16.5. The molecular formula is C14H22O3. The first-order valence-corrected chi connectivity index (χ1v) is 6.14. The van der Waals surface area contributed by atoms with Crippen molar-refractivity contribution in [3.63, 3.8) is 0 Å². The maximum atomic E-state index is 10.1. The van der Waals surface area contributed by atoms with Gasteiger partial charge < -0.3 is 14.9 Å². The van der Waals surface area contributed by atoms with Crippen LogP contribution in [0.1, 0.15) is 38.4 Å². The zero-order chi connectivity index (χ0) is 12.8. The molecule has 1 rings (SSSR count). The third-order valence-corrected chi connectivity index (χ3v) is 3.29. The normalized spacial score (nSPS) is 14.7. The first-order valence-electron chi connectivity index (χ1n) is 6.14. The predicted molar refractivity (Wildman–Crippen MR) is 68.0 cm³/mol. The van der Waals surface area contributed by atoms with Crippen LogP contribution in [0.3, 0.4) is 0 Å². The first-order chi connectivity index (χ1) is 8.13. The van der Waals surface area contributed by atoms with Crippen molar-refractivity contribution in [3.8, 4) is 5.75 Å². The number of aliphatic hydroxyl groups excluding tert-OH is 2. The van der Waals surface area contributed by atoms with E-state index < -0.39 is 12.2 Å². The molecule has 0 aliphatic carbocycles. The molecule has 2 atom stereocenters. The summed E-state index contributed by atoms with van der Waals surface area (Å²) in [6, 6.07) is 7.20. The Labute approximate surface area is 103 Å². The van der Waals surface area contributed by atoms with Gasteiger partial charge in [0.1, 0.15) is 11.9 Å². The maximum Gasteiger partial charge on any atom is 0.119 e. The summed E-state index contributed by atoms with van der Waals surface area (Å²) in [5.74, 6) is 0.814. The van der Waals surface area contributed by atoms with Crippen LogP contribution in [0.2, 0.25) is 0 Å². The molecule has 0 amide bonds. The molecule has 1 aromatic rings. The smallest absolute Gasteiger partial charge is 0.119 e. The SMILES string of the molecule is CCC(CC)C(O)C(O)c1cccc(OC)c1. The topological polar surface area (TPSA) is 49.7 Å². The Morgan fingerprint density at radius 1 is 1.18 bits per heavy atom. The molecule has 0 radical (unpaired) electrons. The van der Waals surface area contributed by atoms with Crippen LogP contribution < -0.4 is 4.74 Å². The maximum absolute atomic E-state index is 10.1. The summed E-state index contributed by atoms with van der Waals surface area (Å²) in [6.45, 7) is 4.05. The van der Waals surface area contributed by atoms with Crippen molar-refractivity contribution in [2.24, 2.45) is 5.92 Å². The fraction of sp³-hybridized carbons (Fsp3) is 0.571. The quantitative estimate of drug-likeness (QED) is 0.800. The van der Waals surface area contributed by atoms with Crippen molar-refractivity contribution < 1.29 is 14.9 Å². The molecular weight excluding hydrogens is 216 g/mol. The van der Waals surface area contributed by atoms with Crippen molar-refractivity contribution >= 4 is 0 Å². The summed E-state index contributed by atoms with van der Waals surface area (Å²) >= 11 is 0. The number of benzene rings is 1. The van der Waals surface area contributed by atoms with E-state index in [1.807, 2.05) is 26.0 Å². The highest BCUT2D eigenvalue weighted by Crippen LogP contribution is 2.27. The average molecular weight is 238 g/mol. The second-order valence-electron chi connectivity index (χ2n) is 4.29. The molecule has 3 nitrogen and oxygen atoms in total. The third kappa shape index (κ3) is 3.45. The van der Waals surface area contributed by atoms with E-state index in [2.05, 4.69) is 0 Å². The van der Waals surface area contributed by atoms with E-state index >= 15 is 0 Å². The Hall–Kier alpha value is -1.06. The molecule has 1 aromatic carbocycles. The Bertz CT molecular complexity index is 334. The molecule has 0 aliphatic heterocycles. The molecule has 0 fully saturated rings. The molecule has 0 heterocycles. The van der Waals surface area contributed by atoms with E-state index in [1.54, 1.807) is 19.2 Å². The molecule has 0 saturated heterocycles. The van der Waals surface area contributed by atoms with Crippen molar-refractivity contribution in [3.05, 3.63) is 29.8 Å². The lowest BCUT2D eigenvalue weighted by molar-refractivity contribution is -0.0210. The molecule has 96 valence electrons. The monoisotopic (exact) mass is 238 g/mol. The fourth-order valence-electron chi connectivity index (χ4n) is 2.05. The summed E-state index contributed by atoms with van der Waals surface area (Å²) in [4.78, 5) is 0. The van der Waals surface area contributed by atoms with Gasteiger partial charge in [-0.3, -0.25) is 0 Å². The fourth-order valence-corrected chi connectivity index (χ4v) is 2.05. The lowest BCUT2D eigenvalue weighted by Gasteiger charge is -2.25. The van der Waals surface area contributed by atoms with Crippen LogP contribution in [0, 0.1) is 5.92 Å². The van der Waals surface area contributed by atoms with Crippen LogP contribution in [0.5, 0.6) is 5.75 Å². The van der Waals surface area contributed by atoms with Gasteiger partial charge in [0, 0.05) is 0 Å². The lowest BCUT2D eigenvalue weighted by Crippen LogP contribution is -2.27. The Kier molecular flexibility index (Phi) is 5.45. The van der Waals surface area contributed by atoms with Crippen molar-refractivity contribution in [1.82, 2.24) is 0 Å². The number of hydrogen-bond acceptors (Lipinski definition) is 3. The second kappa shape index (κ2) is 6.62. The number of aliphatic hydroxyl groups is 2. The van der Waals surface area contributed by atoms with E-state index in [9.17, 15) is 10.2 Å². The van der Waals surface area contributed by atoms with E-state index in [0.29, 0.717) is 11.3 Å². The van der Waals surface area contributed by atoms with E-state index in [4.69, 9.17) is 4.74 Å². The number of hydrogen-bond donors (Lipinski definition) is 2. The second-order valence-corrected chi connectivity index (χ2v) is 4.29. The molecule has 2 unspecified atom stereocenters. The van der Waals surface area contributed by atoms with Crippen LogP contribution in [0.25, 0.3) is 0 Å². The van der Waals surface area contributed by atoms with Crippen molar-refractivity contribution in [1.29, 1.82) is 0 Å². The number of ether oxygens (including phenoxy) is 1. The van der Waals surface area contributed by atoms with Crippen molar-refractivity contribution in [2.75, 3.05) is 7.11 Å². The van der Waals surface area contributed by atoms with Gasteiger partial charge in [-0.25, -0.2) is 0 Å². The minimum absolute atomic E-state index is 0.121. The Balaban J connectivity index is 2.83. The van der Waals surface area contributed by atoms with Crippen LogP contribution in [-0.2, 0) is 0 Å². The van der Waals surface area contributed by atoms with Gasteiger partial charge >= 0.3 is 0 Å². The number of rotatable bonds is 6. The van der Waals surface area contributed by atoms with Crippen LogP contribution >= 0.6 is 0 Å². The van der Waals surface area contributed by atoms with Crippen LogP contribution in [0.15, 0.2) is 24.3 Å². The van der Waals surface area contributed by atoms with Crippen LogP contribution in [-0.4, -0.2) is 23.4 Å². The predicted octanol–water partition coefficient (Wildman–Crippen LogP) is 2.53. The Morgan fingerprint density at radius 2 is 1.82 bits per heavy atom. The van der Waals surface area contributed by atoms with E-state index in [1.165, 1.54) is 0 Å². The molecule has 0 aromatic heterocycles. The summed E-state index contributed by atoms with van der Waals surface area (Å²) in [7, 11) is 1.59. The lowest BCUT2D eigenvalue weighted by atomic mass is 9.90. The molecule has 0 aliphatic rings. The summed E-state index contributed by atoms with van der Waals surface area (Å²) < 4.78 is 5.11. The standard InChI is InChI=1S/C14H22O3/c1-4-10(5-2)13(15)14(16)11-7-6-8-12(9-11)17-3/h6-10,13-16H,4-5H2,1-3H3. The Morgan fingerprint density at radius 3 is 2.35 bits per heavy atom. The van der Waals surface area contributed by atoms with Gasteiger partial charge in [-0.2, -0.15) is 0 Å². The van der Waals surface area contributed by atoms with Gasteiger partial charge in [0.2, 0.25) is 0 Å². The van der Waals surface area contributed by atoms with Gasteiger partial charge in [-0.15, -0.1) is 0 Å². The molecule has 0 spiro atoms. The molecule has 0 saturated carbocycles. The zero-order valence-corrected chi connectivity index (χ0v) is 10.8. The van der Waals surface area contributed by atoms with Gasteiger partial charge in [0.25, 0.3) is 0 Å². The minimum Gasteiger partial charge on any atom is -0.497 e. The highest BCUT2D eigenvalue weighted by molar-refractivity contribution is 5.30. The molecule has 17 heavy (non-hydrogen) atoms. The number of methoxy groups -OCH3 is 1. The summed E-state index contributed by atoms with van der Waals surface area (Å²) in [6.07, 6.45) is 0.143. The first kappa shape index (κ1) is 14.0. The van der Waals surface area contributed by atoms with Gasteiger partial charge in [0.05, 0.1) is 13.2 Å². The summed E-state index contributed by atoms with van der Waals surface area (Å²) in [5.41, 5.74) is 0.698. The third-order valence-electron chi connectivity index (χ3n) is 3.29. The van der Waals surface area contributed by atoms with E-state index in [-0.39, 0.29) is 5.92 Å². The average Bonchev–Trinajstić information content (AvgIpc) is 2.39. The largest absolute Gasteiger partial charge is 0.497 e.